The van der Waals surface area contributed by atoms with Gasteiger partial charge in [-0.3, -0.25) is 14.5 Å². The maximum atomic E-state index is 12.6. The molecule has 2 saturated heterocycles. The number of carbonyl (C=O) groups is 3. The highest BCUT2D eigenvalue weighted by atomic mass is 16.5. The molecule has 0 aliphatic carbocycles. The lowest BCUT2D eigenvalue weighted by atomic mass is 10.1. The second kappa shape index (κ2) is 6.14. The van der Waals surface area contributed by atoms with E-state index in [9.17, 15) is 14.4 Å². The topological polar surface area (TPSA) is 96.8 Å². The molecule has 0 radical (unpaired) electrons. The van der Waals surface area contributed by atoms with Gasteiger partial charge in [-0.2, -0.15) is 0 Å². The quantitative estimate of drug-likeness (QED) is 0.773. The fourth-order valence-electron chi connectivity index (χ4n) is 3.16. The number of amides is 4. The van der Waals surface area contributed by atoms with E-state index in [2.05, 4.69) is 10.3 Å². The fourth-order valence-corrected chi connectivity index (χ4v) is 3.16. The molecule has 4 amide bonds. The van der Waals surface area contributed by atoms with Crippen LogP contribution in [0.3, 0.4) is 0 Å². The highest BCUT2D eigenvalue weighted by Gasteiger charge is 2.45. The maximum absolute atomic E-state index is 12.6. The van der Waals surface area contributed by atoms with Crippen molar-refractivity contribution in [2.45, 2.75) is 32.4 Å². The Labute approximate surface area is 145 Å². The summed E-state index contributed by atoms with van der Waals surface area (Å²) in [5.41, 5.74) is -0.0961. The molecule has 9 nitrogen and oxygen atoms in total. The summed E-state index contributed by atoms with van der Waals surface area (Å²) >= 11 is 0. The Morgan fingerprint density at radius 1 is 1.44 bits per heavy atom. The van der Waals surface area contributed by atoms with Gasteiger partial charge < -0.3 is 19.5 Å². The van der Waals surface area contributed by atoms with Crippen molar-refractivity contribution in [3.05, 3.63) is 17.7 Å². The molecule has 0 bridgehead atoms. The van der Waals surface area contributed by atoms with E-state index in [0.717, 1.165) is 16.4 Å². The van der Waals surface area contributed by atoms with Gasteiger partial charge in [0.05, 0.1) is 18.8 Å². The third-order valence-corrected chi connectivity index (χ3v) is 4.48. The van der Waals surface area contributed by atoms with E-state index in [1.165, 1.54) is 0 Å². The molecule has 136 valence electrons. The van der Waals surface area contributed by atoms with Crippen molar-refractivity contribution >= 4 is 17.8 Å². The molecule has 1 aromatic heterocycles. The number of rotatable bonds is 3. The third-order valence-electron chi connectivity index (χ3n) is 4.48. The molecule has 25 heavy (non-hydrogen) atoms. The molecule has 2 aliphatic heterocycles. The average molecular weight is 349 g/mol. The van der Waals surface area contributed by atoms with E-state index in [1.54, 1.807) is 18.7 Å². The summed E-state index contributed by atoms with van der Waals surface area (Å²) in [5, 5.41) is 2.57. The van der Waals surface area contributed by atoms with Crippen molar-refractivity contribution in [2.24, 2.45) is 7.05 Å². The number of hydrogen-bond donors (Lipinski definition) is 1. The van der Waals surface area contributed by atoms with Gasteiger partial charge in [-0.1, -0.05) is 0 Å². The first-order chi connectivity index (χ1) is 11.7. The lowest BCUT2D eigenvalue weighted by Gasteiger charge is -2.33. The van der Waals surface area contributed by atoms with Crippen molar-refractivity contribution in [1.82, 2.24) is 24.7 Å². The molecular weight excluding hydrogens is 326 g/mol. The molecule has 3 heterocycles. The van der Waals surface area contributed by atoms with Crippen LogP contribution in [-0.4, -0.2) is 69.0 Å². The number of morpholine rings is 1. The molecule has 2 fully saturated rings. The Morgan fingerprint density at radius 3 is 2.72 bits per heavy atom. The smallest absolute Gasteiger partial charge is 0.325 e. The summed E-state index contributed by atoms with van der Waals surface area (Å²) in [7, 11) is 1.88. The van der Waals surface area contributed by atoms with Gasteiger partial charge in [-0.05, 0) is 20.8 Å². The van der Waals surface area contributed by atoms with Gasteiger partial charge >= 0.3 is 6.03 Å². The van der Waals surface area contributed by atoms with Crippen molar-refractivity contribution in [3.8, 4) is 0 Å². The van der Waals surface area contributed by atoms with E-state index >= 15 is 0 Å². The molecule has 0 aromatic carbocycles. The zero-order valence-corrected chi connectivity index (χ0v) is 14.9. The molecule has 0 unspecified atom stereocenters. The minimum Gasteiger partial charge on any atom is -0.367 e. The zero-order valence-electron chi connectivity index (χ0n) is 14.9. The summed E-state index contributed by atoms with van der Waals surface area (Å²) < 4.78 is 7.63. The third kappa shape index (κ3) is 3.23. The van der Waals surface area contributed by atoms with E-state index in [-0.39, 0.29) is 18.6 Å². The van der Waals surface area contributed by atoms with Gasteiger partial charge in [-0.25, -0.2) is 9.78 Å². The van der Waals surface area contributed by atoms with Crippen LogP contribution in [0.5, 0.6) is 0 Å². The average Bonchev–Trinajstić information content (AvgIpc) is 2.98. The van der Waals surface area contributed by atoms with Crippen LogP contribution in [-0.2, 0) is 21.4 Å². The van der Waals surface area contributed by atoms with Crippen LogP contribution in [0.25, 0.3) is 0 Å². The summed E-state index contributed by atoms with van der Waals surface area (Å²) in [6.07, 6.45) is 1.57. The Balaban J connectivity index is 1.67. The molecule has 1 N–H and O–H groups in total. The van der Waals surface area contributed by atoms with Crippen molar-refractivity contribution < 1.29 is 19.1 Å². The summed E-state index contributed by atoms with van der Waals surface area (Å²) in [6.45, 7) is 6.02. The van der Waals surface area contributed by atoms with Gasteiger partial charge in [0.15, 0.2) is 0 Å². The van der Waals surface area contributed by atoms with Gasteiger partial charge in [0.25, 0.3) is 5.91 Å². The van der Waals surface area contributed by atoms with E-state index in [1.807, 2.05) is 24.7 Å². The van der Waals surface area contributed by atoms with Crippen LogP contribution in [0.2, 0.25) is 0 Å². The Bertz CT molecular complexity index is 726. The van der Waals surface area contributed by atoms with Crippen molar-refractivity contribution in [2.75, 3.05) is 26.2 Å². The predicted molar refractivity (Wildman–Crippen MR) is 87.5 cm³/mol. The van der Waals surface area contributed by atoms with Gasteiger partial charge in [0, 0.05) is 19.8 Å². The molecule has 9 heteroatoms. The minimum absolute atomic E-state index is 0.263. The Morgan fingerprint density at radius 2 is 2.16 bits per heavy atom. The van der Waals surface area contributed by atoms with Crippen LogP contribution in [0.4, 0.5) is 4.79 Å². The number of hydrogen-bond acceptors (Lipinski definition) is 5. The standard InChI is InChI=1S/C16H23N5O4/c1-10-7-19(4)13(17-10)11-8-20(5-6-25-11)12(22)9-21-14(23)16(2,3)18-15(21)24/h7,11H,5-6,8-9H2,1-4H3,(H,18,24)/t11-/m0/s1. The molecule has 3 rings (SSSR count). The number of carbonyl (C=O) groups excluding carboxylic acids is 3. The fraction of sp³-hybridized carbons (Fsp3) is 0.625. The lowest BCUT2D eigenvalue weighted by Crippen LogP contribution is -2.48. The van der Waals surface area contributed by atoms with E-state index < -0.39 is 17.5 Å². The van der Waals surface area contributed by atoms with Gasteiger partial charge in [0.2, 0.25) is 5.91 Å². The van der Waals surface area contributed by atoms with Crippen molar-refractivity contribution in [1.29, 1.82) is 0 Å². The monoisotopic (exact) mass is 349 g/mol. The number of nitrogens with one attached hydrogen (secondary N) is 1. The highest BCUT2D eigenvalue weighted by molar-refractivity contribution is 6.08. The molecule has 0 spiro atoms. The second-order valence-corrected chi connectivity index (χ2v) is 7.00. The number of imide groups is 1. The van der Waals surface area contributed by atoms with E-state index in [0.29, 0.717) is 19.7 Å². The molecule has 2 aliphatic rings. The van der Waals surface area contributed by atoms with Crippen LogP contribution in [0, 0.1) is 6.92 Å². The molecule has 0 saturated carbocycles. The van der Waals surface area contributed by atoms with E-state index in [4.69, 9.17) is 4.74 Å². The van der Waals surface area contributed by atoms with Crippen molar-refractivity contribution in [3.63, 3.8) is 0 Å². The molecular formula is C16H23N5O4. The largest absolute Gasteiger partial charge is 0.367 e. The van der Waals surface area contributed by atoms with Crippen LogP contribution in [0.1, 0.15) is 31.5 Å². The number of ether oxygens (including phenoxy) is 1. The first-order valence-electron chi connectivity index (χ1n) is 8.22. The summed E-state index contributed by atoms with van der Waals surface area (Å²) in [4.78, 5) is 43.8. The number of imidazole rings is 1. The number of aromatic nitrogens is 2. The number of aryl methyl sites for hydroxylation is 2. The summed E-state index contributed by atoms with van der Waals surface area (Å²) in [6, 6.07) is -0.534. The first-order valence-corrected chi connectivity index (χ1v) is 8.22. The normalized spacial score (nSPS) is 23.1. The van der Waals surface area contributed by atoms with Gasteiger partial charge in [-0.15, -0.1) is 0 Å². The highest BCUT2D eigenvalue weighted by Crippen LogP contribution is 2.22. The maximum Gasteiger partial charge on any atom is 0.325 e. The zero-order chi connectivity index (χ0) is 18.4. The van der Waals surface area contributed by atoms with Crippen LogP contribution in [0.15, 0.2) is 6.20 Å². The Kier molecular flexibility index (Phi) is 4.28. The SMILES string of the molecule is Cc1cn(C)c([C@@H]2CN(C(=O)CN3C(=O)NC(C)(C)C3=O)CCO2)n1. The molecule has 1 atom stereocenters. The first kappa shape index (κ1) is 17.4. The van der Waals surface area contributed by atoms with Crippen LogP contribution < -0.4 is 5.32 Å². The minimum atomic E-state index is -0.977. The van der Waals surface area contributed by atoms with Gasteiger partial charge in [0.1, 0.15) is 24.0 Å². The predicted octanol–water partition coefficient (Wildman–Crippen LogP) is -0.0412. The van der Waals surface area contributed by atoms with Crippen LogP contribution >= 0.6 is 0 Å². The number of urea groups is 1. The number of nitrogens with zero attached hydrogens (tertiary/aromatic N) is 4. The second-order valence-electron chi connectivity index (χ2n) is 7.00. The molecule has 1 aromatic rings. The Hall–Kier alpha value is -2.42. The summed E-state index contributed by atoms with van der Waals surface area (Å²) in [5.74, 6) is 0.0851. The lowest BCUT2D eigenvalue weighted by molar-refractivity contribution is -0.143.